The van der Waals surface area contributed by atoms with Gasteiger partial charge in [0.1, 0.15) is 0 Å². The number of rotatable bonds is 3. The van der Waals surface area contributed by atoms with Crippen LogP contribution in [0.5, 0.6) is 0 Å². The molecular formula is C14H19BrN2O2. The Balaban J connectivity index is 2.12. The molecule has 0 bridgehead atoms. The van der Waals surface area contributed by atoms with Crippen molar-refractivity contribution in [2.24, 2.45) is 17.6 Å². The van der Waals surface area contributed by atoms with Crippen molar-refractivity contribution in [1.29, 1.82) is 0 Å². The number of non-ortho nitro benzene ring substituents is 1. The van der Waals surface area contributed by atoms with Crippen LogP contribution in [0.3, 0.4) is 0 Å². The molecule has 2 N–H and O–H groups in total. The number of nitrogens with zero attached hydrogens (tertiary/aromatic N) is 1. The van der Waals surface area contributed by atoms with Gasteiger partial charge < -0.3 is 5.73 Å². The first-order chi connectivity index (χ1) is 8.97. The fraction of sp³-hybridized carbons (Fsp3) is 0.571. The van der Waals surface area contributed by atoms with Crippen LogP contribution in [0.25, 0.3) is 0 Å². The van der Waals surface area contributed by atoms with Crippen LogP contribution in [0.2, 0.25) is 0 Å². The van der Waals surface area contributed by atoms with E-state index in [4.69, 9.17) is 5.73 Å². The van der Waals surface area contributed by atoms with E-state index < -0.39 is 0 Å². The summed E-state index contributed by atoms with van der Waals surface area (Å²) in [7, 11) is 0. The molecule has 0 aromatic heterocycles. The molecule has 104 valence electrons. The van der Waals surface area contributed by atoms with Crippen LogP contribution in [0.15, 0.2) is 22.7 Å². The number of hydrogen-bond acceptors (Lipinski definition) is 3. The molecule has 0 radical (unpaired) electrons. The van der Waals surface area contributed by atoms with Crippen molar-refractivity contribution < 1.29 is 4.92 Å². The second-order valence-electron chi connectivity index (χ2n) is 5.58. The topological polar surface area (TPSA) is 69.2 Å². The molecule has 4 nitrogen and oxygen atoms in total. The molecule has 2 rings (SSSR count). The van der Waals surface area contributed by atoms with E-state index in [-0.39, 0.29) is 16.7 Å². The maximum absolute atomic E-state index is 10.7. The van der Waals surface area contributed by atoms with Gasteiger partial charge in [-0.3, -0.25) is 10.1 Å². The number of halogens is 1. The standard InChI is InChI=1S/C14H19BrN2O2/c1-9-2-5-14(16)11(6-9)7-10-3-4-12(17(18)19)8-13(10)15/h3-4,8-9,11,14H,2,5-7,16H2,1H3. The highest BCUT2D eigenvalue weighted by Crippen LogP contribution is 2.33. The van der Waals surface area contributed by atoms with Gasteiger partial charge in [0.2, 0.25) is 0 Å². The second-order valence-corrected chi connectivity index (χ2v) is 6.43. The highest BCUT2D eigenvalue weighted by atomic mass is 79.9. The lowest BCUT2D eigenvalue weighted by Crippen LogP contribution is -2.36. The predicted octanol–water partition coefficient (Wildman–Crippen LogP) is 3.66. The molecule has 1 aliphatic carbocycles. The molecule has 3 unspecified atom stereocenters. The summed E-state index contributed by atoms with van der Waals surface area (Å²) in [6, 6.07) is 5.23. The van der Waals surface area contributed by atoms with Crippen LogP contribution in [0, 0.1) is 22.0 Å². The first-order valence-electron chi connectivity index (χ1n) is 6.65. The Morgan fingerprint density at radius 1 is 1.47 bits per heavy atom. The minimum Gasteiger partial charge on any atom is -0.327 e. The van der Waals surface area contributed by atoms with Gasteiger partial charge in [-0.1, -0.05) is 28.9 Å². The molecular weight excluding hydrogens is 308 g/mol. The zero-order chi connectivity index (χ0) is 14.0. The van der Waals surface area contributed by atoms with E-state index >= 15 is 0 Å². The van der Waals surface area contributed by atoms with Gasteiger partial charge >= 0.3 is 0 Å². The third-order valence-corrected chi connectivity index (χ3v) is 4.77. The highest BCUT2D eigenvalue weighted by molar-refractivity contribution is 9.10. The van der Waals surface area contributed by atoms with Gasteiger partial charge in [-0.25, -0.2) is 0 Å². The normalized spacial score (nSPS) is 27.2. The average molecular weight is 327 g/mol. The Morgan fingerprint density at radius 3 is 2.84 bits per heavy atom. The summed E-state index contributed by atoms with van der Waals surface area (Å²) in [4.78, 5) is 10.3. The van der Waals surface area contributed by atoms with Crippen molar-refractivity contribution in [2.45, 2.75) is 38.6 Å². The van der Waals surface area contributed by atoms with Gasteiger partial charge in [-0.15, -0.1) is 0 Å². The molecule has 3 atom stereocenters. The third kappa shape index (κ3) is 3.54. The fourth-order valence-corrected chi connectivity index (χ4v) is 3.38. The summed E-state index contributed by atoms with van der Waals surface area (Å²) in [5, 5.41) is 10.7. The first kappa shape index (κ1) is 14.5. The summed E-state index contributed by atoms with van der Waals surface area (Å²) in [5.74, 6) is 1.20. The maximum atomic E-state index is 10.7. The minimum absolute atomic E-state index is 0.122. The van der Waals surface area contributed by atoms with Crippen molar-refractivity contribution in [3.8, 4) is 0 Å². The Hall–Kier alpha value is -0.940. The molecule has 0 spiro atoms. The number of nitrogens with two attached hydrogens (primary N) is 1. The van der Waals surface area contributed by atoms with Crippen molar-refractivity contribution in [3.05, 3.63) is 38.3 Å². The molecule has 0 heterocycles. The maximum Gasteiger partial charge on any atom is 0.270 e. The lowest BCUT2D eigenvalue weighted by Gasteiger charge is -2.32. The number of hydrogen-bond donors (Lipinski definition) is 1. The van der Waals surface area contributed by atoms with E-state index in [2.05, 4.69) is 22.9 Å². The Kier molecular flexibility index (Phi) is 4.58. The van der Waals surface area contributed by atoms with Gasteiger partial charge in [-0.2, -0.15) is 0 Å². The van der Waals surface area contributed by atoms with Crippen molar-refractivity contribution in [1.82, 2.24) is 0 Å². The smallest absolute Gasteiger partial charge is 0.270 e. The lowest BCUT2D eigenvalue weighted by atomic mass is 9.76. The minimum atomic E-state index is -0.372. The van der Waals surface area contributed by atoms with Crippen LogP contribution >= 0.6 is 15.9 Å². The van der Waals surface area contributed by atoms with Gasteiger partial charge in [0, 0.05) is 22.6 Å². The van der Waals surface area contributed by atoms with E-state index in [1.807, 2.05) is 6.07 Å². The molecule has 1 aromatic rings. The molecule has 0 amide bonds. The lowest BCUT2D eigenvalue weighted by molar-refractivity contribution is -0.384. The summed E-state index contributed by atoms with van der Waals surface area (Å²) < 4.78 is 0.812. The van der Waals surface area contributed by atoms with Crippen LogP contribution in [0.4, 0.5) is 5.69 Å². The number of nitro groups is 1. The Morgan fingerprint density at radius 2 is 2.21 bits per heavy atom. The van der Waals surface area contributed by atoms with Gasteiger partial charge in [-0.05, 0) is 43.1 Å². The van der Waals surface area contributed by atoms with Crippen molar-refractivity contribution >= 4 is 21.6 Å². The molecule has 0 saturated heterocycles. The number of benzene rings is 1. The first-order valence-corrected chi connectivity index (χ1v) is 7.45. The SMILES string of the molecule is CC1CCC(N)C(Cc2ccc([N+](=O)[O-])cc2Br)C1. The van der Waals surface area contributed by atoms with E-state index in [1.165, 1.54) is 6.42 Å². The largest absolute Gasteiger partial charge is 0.327 e. The molecule has 19 heavy (non-hydrogen) atoms. The monoisotopic (exact) mass is 326 g/mol. The van der Waals surface area contributed by atoms with Crippen LogP contribution in [0.1, 0.15) is 31.7 Å². The van der Waals surface area contributed by atoms with Crippen LogP contribution < -0.4 is 5.73 Å². The van der Waals surface area contributed by atoms with Crippen molar-refractivity contribution in [2.75, 3.05) is 0 Å². The second kappa shape index (κ2) is 6.01. The van der Waals surface area contributed by atoms with Crippen LogP contribution in [-0.2, 0) is 6.42 Å². The van der Waals surface area contributed by atoms with E-state index in [9.17, 15) is 10.1 Å². The summed E-state index contributed by atoms with van der Waals surface area (Å²) in [6.07, 6.45) is 4.32. The molecule has 1 fully saturated rings. The van der Waals surface area contributed by atoms with Gasteiger partial charge in [0.25, 0.3) is 5.69 Å². The zero-order valence-electron chi connectivity index (χ0n) is 11.0. The average Bonchev–Trinajstić information content (AvgIpc) is 2.36. The predicted molar refractivity (Wildman–Crippen MR) is 79.0 cm³/mol. The highest BCUT2D eigenvalue weighted by Gasteiger charge is 2.26. The summed E-state index contributed by atoms with van der Waals surface area (Å²) >= 11 is 3.43. The van der Waals surface area contributed by atoms with E-state index in [0.717, 1.165) is 35.2 Å². The summed E-state index contributed by atoms with van der Waals surface area (Å²) in [6.45, 7) is 2.27. The fourth-order valence-electron chi connectivity index (χ4n) is 2.85. The zero-order valence-corrected chi connectivity index (χ0v) is 12.6. The van der Waals surface area contributed by atoms with Crippen LogP contribution in [-0.4, -0.2) is 11.0 Å². The van der Waals surface area contributed by atoms with E-state index in [1.54, 1.807) is 12.1 Å². The van der Waals surface area contributed by atoms with Gasteiger partial charge in [0.15, 0.2) is 0 Å². The van der Waals surface area contributed by atoms with E-state index in [0.29, 0.717) is 5.92 Å². The van der Waals surface area contributed by atoms with Gasteiger partial charge in [0.05, 0.1) is 4.92 Å². The quantitative estimate of drug-likeness (QED) is 0.680. The Bertz CT molecular complexity index is 479. The molecule has 5 heteroatoms. The molecule has 1 aliphatic rings. The molecule has 1 saturated carbocycles. The molecule has 0 aliphatic heterocycles. The molecule has 1 aromatic carbocycles. The van der Waals surface area contributed by atoms with Crippen molar-refractivity contribution in [3.63, 3.8) is 0 Å². The number of nitro benzene ring substituents is 1. The Labute approximate surface area is 121 Å². The summed E-state index contributed by atoms with van der Waals surface area (Å²) in [5.41, 5.74) is 7.43. The third-order valence-electron chi connectivity index (χ3n) is 4.03.